The molecule has 148 valence electrons. The first kappa shape index (κ1) is 19.3. The molecule has 2 aromatic heterocycles. The first-order valence-electron chi connectivity index (χ1n) is 10.4. The molecule has 0 saturated carbocycles. The van der Waals surface area contributed by atoms with E-state index in [4.69, 9.17) is 4.98 Å². The number of hydrogen-bond donors (Lipinski definition) is 0. The maximum Gasteiger partial charge on any atom is 0.228 e. The lowest BCUT2D eigenvalue weighted by Crippen LogP contribution is -2.40. The Morgan fingerprint density at radius 2 is 1.93 bits per heavy atom. The van der Waals surface area contributed by atoms with Crippen LogP contribution in [0.2, 0.25) is 0 Å². The minimum atomic E-state index is 0.157. The number of piperidine rings is 1. The standard InChI is InChI=1S/C25H27N3O/c1-19-7-4-8-20(15-19)16-23-11-5-12-24(27-23)21-9-6-14-28(18-21)25(29)17-22-10-2-3-13-26-22/h2-5,7-8,10-13,15,21H,6,9,14,16-18H2,1H3/t21-/m1/s1. The van der Waals surface area contributed by atoms with Gasteiger partial charge in [-0.2, -0.15) is 0 Å². The third-order valence-corrected chi connectivity index (χ3v) is 5.55. The van der Waals surface area contributed by atoms with Crippen molar-refractivity contribution < 1.29 is 4.79 Å². The van der Waals surface area contributed by atoms with Crippen LogP contribution in [0.5, 0.6) is 0 Å². The lowest BCUT2D eigenvalue weighted by molar-refractivity contribution is -0.131. The molecule has 0 bridgehead atoms. The second-order valence-corrected chi connectivity index (χ2v) is 7.90. The quantitative estimate of drug-likeness (QED) is 0.657. The number of rotatable bonds is 5. The molecule has 1 aliphatic heterocycles. The second kappa shape index (κ2) is 8.99. The zero-order chi connectivity index (χ0) is 20.1. The molecule has 0 spiro atoms. The van der Waals surface area contributed by atoms with Crippen LogP contribution in [0, 0.1) is 6.92 Å². The van der Waals surface area contributed by atoms with Crippen molar-refractivity contribution in [2.24, 2.45) is 0 Å². The van der Waals surface area contributed by atoms with Gasteiger partial charge in [-0.05, 0) is 49.6 Å². The van der Waals surface area contributed by atoms with Gasteiger partial charge in [0.2, 0.25) is 5.91 Å². The largest absolute Gasteiger partial charge is 0.342 e. The highest BCUT2D eigenvalue weighted by Gasteiger charge is 2.25. The third kappa shape index (κ3) is 5.08. The number of nitrogens with zero attached hydrogens (tertiary/aromatic N) is 3. The van der Waals surface area contributed by atoms with Gasteiger partial charge in [0, 0.05) is 48.7 Å². The van der Waals surface area contributed by atoms with E-state index in [-0.39, 0.29) is 5.91 Å². The molecule has 0 radical (unpaired) electrons. The highest BCUT2D eigenvalue weighted by atomic mass is 16.2. The van der Waals surface area contributed by atoms with E-state index in [0.717, 1.165) is 49.4 Å². The molecule has 3 heterocycles. The van der Waals surface area contributed by atoms with E-state index in [1.807, 2.05) is 23.1 Å². The molecule has 0 aliphatic carbocycles. The predicted octanol–water partition coefficient (Wildman–Crippen LogP) is 4.32. The summed E-state index contributed by atoms with van der Waals surface area (Å²) >= 11 is 0. The molecule has 0 N–H and O–H groups in total. The normalized spacial score (nSPS) is 16.6. The number of carbonyl (C=O) groups excluding carboxylic acids is 1. The van der Waals surface area contributed by atoms with Gasteiger partial charge in [-0.25, -0.2) is 0 Å². The predicted molar refractivity (Wildman–Crippen MR) is 115 cm³/mol. The van der Waals surface area contributed by atoms with Gasteiger partial charge in [-0.15, -0.1) is 0 Å². The highest BCUT2D eigenvalue weighted by molar-refractivity contribution is 5.78. The topological polar surface area (TPSA) is 46.1 Å². The first-order valence-corrected chi connectivity index (χ1v) is 10.4. The number of aryl methyl sites for hydroxylation is 1. The van der Waals surface area contributed by atoms with Crippen LogP contribution in [0.15, 0.2) is 66.9 Å². The number of benzene rings is 1. The van der Waals surface area contributed by atoms with Gasteiger partial charge in [0.25, 0.3) is 0 Å². The van der Waals surface area contributed by atoms with Crippen molar-refractivity contribution in [3.05, 3.63) is 95.1 Å². The molecule has 4 rings (SSSR count). The average molecular weight is 386 g/mol. The zero-order valence-electron chi connectivity index (χ0n) is 16.9. The van der Waals surface area contributed by atoms with Crippen LogP contribution in [-0.2, 0) is 17.6 Å². The van der Waals surface area contributed by atoms with Crippen LogP contribution >= 0.6 is 0 Å². The van der Waals surface area contributed by atoms with Crippen molar-refractivity contribution in [3.63, 3.8) is 0 Å². The molecule has 1 aliphatic rings. The minimum Gasteiger partial charge on any atom is -0.342 e. The van der Waals surface area contributed by atoms with Crippen LogP contribution in [-0.4, -0.2) is 33.9 Å². The van der Waals surface area contributed by atoms with E-state index in [1.165, 1.54) is 11.1 Å². The maximum absolute atomic E-state index is 12.7. The average Bonchev–Trinajstić information content (AvgIpc) is 2.75. The Kier molecular flexibility index (Phi) is 5.99. The molecule has 29 heavy (non-hydrogen) atoms. The van der Waals surface area contributed by atoms with E-state index >= 15 is 0 Å². The molecule has 1 amide bonds. The van der Waals surface area contributed by atoms with Crippen LogP contribution < -0.4 is 0 Å². The van der Waals surface area contributed by atoms with Gasteiger partial charge in [0.05, 0.1) is 6.42 Å². The molecule has 1 aromatic carbocycles. The molecule has 3 aromatic rings. The molecule has 4 nitrogen and oxygen atoms in total. The lowest BCUT2D eigenvalue weighted by Gasteiger charge is -2.32. The second-order valence-electron chi connectivity index (χ2n) is 7.90. The Hall–Kier alpha value is -3.01. The van der Waals surface area contributed by atoms with Crippen molar-refractivity contribution in [2.75, 3.05) is 13.1 Å². The fourth-order valence-corrected chi connectivity index (χ4v) is 4.07. The van der Waals surface area contributed by atoms with Crippen molar-refractivity contribution in [2.45, 2.75) is 38.5 Å². The lowest BCUT2D eigenvalue weighted by atomic mass is 9.93. The Balaban J connectivity index is 1.43. The third-order valence-electron chi connectivity index (χ3n) is 5.55. The SMILES string of the molecule is Cc1cccc(Cc2cccc([C@@H]3CCCN(C(=O)Cc4ccccn4)C3)n2)c1. The maximum atomic E-state index is 12.7. The number of aromatic nitrogens is 2. The summed E-state index contributed by atoms with van der Waals surface area (Å²) in [6, 6.07) is 20.6. The van der Waals surface area contributed by atoms with Crippen molar-refractivity contribution in [1.29, 1.82) is 0 Å². The number of amides is 1. The number of likely N-dealkylation sites (tertiary alicyclic amines) is 1. The Bertz CT molecular complexity index is 971. The van der Waals surface area contributed by atoms with E-state index in [2.05, 4.69) is 54.4 Å². The summed E-state index contributed by atoms with van der Waals surface area (Å²) in [4.78, 5) is 24.0. The monoisotopic (exact) mass is 385 g/mol. The fraction of sp³-hybridized carbons (Fsp3) is 0.320. The van der Waals surface area contributed by atoms with Crippen molar-refractivity contribution >= 4 is 5.91 Å². The van der Waals surface area contributed by atoms with Gasteiger partial charge in [0.15, 0.2) is 0 Å². The van der Waals surface area contributed by atoms with Crippen LogP contribution in [0.4, 0.5) is 0 Å². The Labute approximate surface area is 172 Å². The van der Waals surface area contributed by atoms with Gasteiger partial charge in [-0.3, -0.25) is 14.8 Å². The van der Waals surface area contributed by atoms with Crippen LogP contribution in [0.3, 0.4) is 0 Å². The van der Waals surface area contributed by atoms with Crippen molar-refractivity contribution in [1.82, 2.24) is 14.9 Å². The Morgan fingerprint density at radius 3 is 2.76 bits per heavy atom. The van der Waals surface area contributed by atoms with Gasteiger partial charge in [-0.1, -0.05) is 42.0 Å². The molecular formula is C25H27N3O. The smallest absolute Gasteiger partial charge is 0.228 e. The van der Waals surface area contributed by atoms with E-state index < -0.39 is 0 Å². The number of hydrogen-bond acceptors (Lipinski definition) is 3. The fourth-order valence-electron chi connectivity index (χ4n) is 4.07. The summed E-state index contributed by atoms with van der Waals surface area (Å²) in [5.41, 5.74) is 5.58. The van der Waals surface area contributed by atoms with Crippen LogP contribution in [0.25, 0.3) is 0 Å². The van der Waals surface area contributed by atoms with Crippen molar-refractivity contribution in [3.8, 4) is 0 Å². The van der Waals surface area contributed by atoms with E-state index in [9.17, 15) is 4.79 Å². The van der Waals surface area contributed by atoms with E-state index in [0.29, 0.717) is 12.3 Å². The Morgan fingerprint density at radius 1 is 1.07 bits per heavy atom. The minimum absolute atomic E-state index is 0.157. The van der Waals surface area contributed by atoms with Gasteiger partial charge >= 0.3 is 0 Å². The summed E-state index contributed by atoms with van der Waals surface area (Å²) < 4.78 is 0. The van der Waals surface area contributed by atoms with Gasteiger partial charge in [0.1, 0.15) is 0 Å². The molecule has 0 unspecified atom stereocenters. The summed E-state index contributed by atoms with van der Waals surface area (Å²) in [7, 11) is 0. The van der Waals surface area contributed by atoms with Gasteiger partial charge < -0.3 is 4.90 Å². The number of pyridine rings is 2. The molecular weight excluding hydrogens is 358 g/mol. The zero-order valence-corrected chi connectivity index (χ0v) is 16.9. The summed E-state index contributed by atoms with van der Waals surface area (Å²) in [5, 5.41) is 0. The molecule has 4 heteroatoms. The van der Waals surface area contributed by atoms with E-state index in [1.54, 1.807) is 6.20 Å². The molecule has 1 atom stereocenters. The summed E-state index contributed by atoms with van der Waals surface area (Å²) in [6.07, 6.45) is 5.04. The van der Waals surface area contributed by atoms with Crippen LogP contribution in [0.1, 0.15) is 47.0 Å². The molecule has 1 fully saturated rings. The first-order chi connectivity index (χ1) is 14.2. The number of carbonyl (C=O) groups is 1. The molecule has 1 saturated heterocycles. The summed E-state index contributed by atoms with van der Waals surface area (Å²) in [5.74, 6) is 0.457. The summed E-state index contributed by atoms with van der Waals surface area (Å²) in [6.45, 7) is 3.68. The highest BCUT2D eigenvalue weighted by Crippen LogP contribution is 2.26.